The predicted octanol–water partition coefficient (Wildman–Crippen LogP) is 4.00. The van der Waals surface area contributed by atoms with Gasteiger partial charge in [0.25, 0.3) is 5.91 Å². The van der Waals surface area contributed by atoms with E-state index in [0.29, 0.717) is 21.3 Å². The van der Waals surface area contributed by atoms with Crippen LogP contribution in [-0.2, 0) is 0 Å². The molecule has 0 bridgehead atoms. The fraction of sp³-hybridized carbons (Fsp3) is 0. The first-order valence-electron chi connectivity index (χ1n) is 5.73. The van der Waals surface area contributed by atoms with Gasteiger partial charge in [0.15, 0.2) is 0 Å². The number of hydrogen-bond acceptors (Lipinski definition) is 2. The number of hydrogen-bond donors (Lipinski definition) is 2. The normalized spacial score (nSPS) is 10.2. The first-order valence-corrected chi connectivity index (χ1v) is 6.87. The number of primary amides is 1. The molecular formula is C14H9Cl3N2O2. The van der Waals surface area contributed by atoms with Crippen LogP contribution in [-0.4, -0.2) is 11.8 Å². The van der Waals surface area contributed by atoms with E-state index >= 15 is 0 Å². The second-order valence-electron chi connectivity index (χ2n) is 4.17. The van der Waals surface area contributed by atoms with E-state index in [9.17, 15) is 9.59 Å². The molecule has 0 fully saturated rings. The highest BCUT2D eigenvalue weighted by molar-refractivity contribution is 6.35. The van der Waals surface area contributed by atoms with Gasteiger partial charge in [0.2, 0.25) is 5.91 Å². The van der Waals surface area contributed by atoms with Gasteiger partial charge in [0.05, 0.1) is 10.6 Å². The fourth-order valence-corrected chi connectivity index (χ4v) is 2.42. The van der Waals surface area contributed by atoms with Crippen molar-refractivity contribution in [1.82, 2.24) is 0 Å². The van der Waals surface area contributed by atoms with Gasteiger partial charge < -0.3 is 11.1 Å². The van der Waals surface area contributed by atoms with E-state index in [1.165, 1.54) is 30.3 Å². The number of nitrogens with two attached hydrogens (primary N) is 1. The molecule has 2 rings (SSSR count). The summed E-state index contributed by atoms with van der Waals surface area (Å²) in [4.78, 5) is 23.3. The van der Waals surface area contributed by atoms with Crippen molar-refractivity contribution < 1.29 is 9.59 Å². The summed E-state index contributed by atoms with van der Waals surface area (Å²) in [5.41, 5.74) is 6.00. The van der Waals surface area contributed by atoms with Crippen LogP contribution in [0.5, 0.6) is 0 Å². The van der Waals surface area contributed by atoms with Gasteiger partial charge in [0.1, 0.15) is 0 Å². The van der Waals surface area contributed by atoms with Crippen LogP contribution in [0.1, 0.15) is 20.7 Å². The molecule has 0 radical (unpaired) electrons. The third kappa shape index (κ3) is 3.88. The molecule has 0 aliphatic carbocycles. The molecule has 0 saturated heterocycles. The lowest BCUT2D eigenvalue weighted by molar-refractivity contribution is 0.0996. The molecule has 0 aliphatic heterocycles. The van der Waals surface area contributed by atoms with Crippen molar-refractivity contribution in [3.05, 3.63) is 62.6 Å². The topological polar surface area (TPSA) is 72.2 Å². The minimum Gasteiger partial charge on any atom is -0.366 e. The zero-order valence-corrected chi connectivity index (χ0v) is 12.8. The van der Waals surface area contributed by atoms with E-state index in [1.54, 1.807) is 6.07 Å². The van der Waals surface area contributed by atoms with E-state index < -0.39 is 11.8 Å². The number of rotatable bonds is 3. The van der Waals surface area contributed by atoms with Gasteiger partial charge in [-0.05, 0) is 36.4 Å². The van der Waals surface area contributed by atoms with Crippen LogP contribution in [0.2, 0.25) is 15.1 Å². The number of halogens is 3. The van der Waals surface area contributed by atoms with E-state index in [2.05, 4.69) is 5.32 Å². The molecule has 0 aromatic heterocycles. The Balaban J connectivity index is 2.27. The molecule has 0 atom stereocenters. The lowest BCUT2D eigenvalue weighted by Gasteiger charge is -2.08. The maximum absolute atomic E-state index is 12.1. The molecule has 7 heteroatoms. The van der Waals surface area contributed by atoms with Crippen molar-refractivity contribution >= 4 is 52.3 Å². The zero-order valence-electron chi connectivity index (χ0n) is 10.5. The number of carbonyl (C=O) groups excluding carboxylic acids is 2. The molecule has 2 aromatic rings. The molecule has 0 aliphatic rings. The van der Waals surface area contributed by atoms with Crippen LogP contribution in [0.3, 0.4) is 0 Å². The van der Waals surface area contributed by atoms with E-state index in [1.807, 2.05) is 0 Å². The smallest absolute Gasteiger partial charge is 0.255 e. The Kier molecular flexibility index (Phi) is 4.73. The molecule has 0 spiro atoms. The van der Waals surface area contributed by atoms with Crippen molar-refractivity contribution in [2.24, 2.45) is 5.73 Å². The Hall–Kier alpha value is -1.75. The summed E-state index contributed by atoms with van der Waals surface area (Å²) < 4.78 is 0. The van der Waals surface area contributed by atoms with E-state index in [0.717, 1.165) is 0 Å². The Morgan fingerprint density at radius 1 is 0.952 bits per heavy atom. The Morgan fingerprint density at radius 2 is 1.57 bits per heavy atom. The maximum Gasteiger partial charge on any atom is 0.255 e. The van der Waals surface area contributed by atoms with Gasteiger partial charge in [0, 0.05) is 21.3 Å². The predicted molar refractivity (Wildman–Crippen MR) is 84.4 cm³/mol. The van der Waals surface area contributed by atoms with Gasteiger partial charge in [-0.2, -0.15) is 0 Å². The highest BCUT2D eigenvalue weighted by Gasteiger charge is 2.11. The van der Waals surface area contributed by atoms with Crippen molar-refractivity contribution in [1.29, 1.82) is 0 Å². The average molecular weight is 344 g/mol. The molecule has 3 N–H and O–H groups in total. The lowest BCUT2D eigenvalue weighted by atomic mass is 10.1. The molecule has 0 saturated carbocycles. The summed E-state index contributed by atoms with van der Waals surface area (Å²) in [5.74, 6) is -1.10. The third-order valence-corrected chi connectivity index (χ3v) is 3.38. The summed E-state index contributed by atoms with van der Waals surface area (Å²) in [6.45, 7) is 0. The first-order chi connectivity index (χ1) is 9.86. The summed E-state index contributed by atoms with van der Waals surface area (Å²) in [6, 6.07) is 8.91. The number of anilines is 1. The number of benzene rings is 2. The van der Waals surface area contributed by atoms with Crippen LogP contribution in [0.15, 0.2) is 36.4 Å². The molecule has 0 unspecified atom stereocenters. The van der Waals surface area contributed by atoms with Crippen molar-refractivity contribution in [3.8, 4) is 0 Å². The number of carbonyl (C=O) groups is 2. The Labute approximate surface area is 135 Å². The molecule has 21 heavy (non-hydrogen) atoms. The molecular weight excluding hydrogens is 335 g/mol. The highest BCUT2D eigenvalue weighted by atomic mass is 35.5. The molecule has 2 amide bonds. The Bertz CT molecular complexity index is 712. The fourth-order valence-electron chi connectivity index (χ4n) is 1.68. The minimum atomic E-state index is -0.679. The monoisotopic (exact) mass is 342 g/mol. The van der Waals surface area contributed by atoms with Gasteiger partial charge >= 0.3 is 0 Å². The summed E-state index contributed by atoms with van der Waals surface area (Å²) in [6.07, 6.45) is 0. The van der Waals surface area contributed by atoms with Gasteiger partial charge in [-0.1, -0.05) is 34.8 Å². The molecule has 2 aromatic carbocycles. The quantitative estimate of drug-likeness (QED) is 0.884. The standard InChI is InChI=1S/C14H9Cl3N2O2/c15-8-3-7(4-9(16)5-8)14(21)19-10-1-2-12(17)11(6-10)13(18)20/h1-6H,(H2,18,20)(H,19,21). The van der Waals surface area contributed by atoms with E-state index in [-0.39, 0.29) is 10.6 Å². The number of amides is 2. The maximum atomic E-state index is 12.1. The molecule has 0 heterocycles. The van der Waals surface area contributed by atoms with Crippen molar-refractivity contribution in [3.63, 3.8) is 0 Å². The average Bonchev–Trinajstić information content (AvgIpc) is 2.39. The molecule has 108 valence electrons. The lowest BCUT2D eigenvalue weighted by Crippen LogP contribution is -2.15. The SMILES string of the molecule is NC(=O)c1cc(NC(=O)c2cc(Cl)cc(Cl)c2)ccc1Cl. The highest BCUT2D eigenvalue weighted by Crippen LogP contribution is 2.22. The van der Waals surface area contributed by atoms with E-state index in [4.69, 9.17) is 40.5 Å². The van der Waals surface area contributed by atoms with Crippen molar-refractivity contribution in [2.45, 2.75) is 0 Å². The van der Waals surface area contributed by atoms with Gasteiger partial charge in [-0.15, -0.1) is 0 Å². The Morgan fingerprint density at radius 3 is 2.14 bits per heavy atom. The summed E-state index contributed by atoms with van der Waals surface area (Å²) in [7, 11) is 0. The molecule has 4 nitrogen and oxygen atoms in total. The van der Waals surface area contributed by atoms with Gasteiger partial charge in [-0.3, -0.25) is 9.59 Å². The first kappa shape index (κ1) is 15.6. The van der Waals surface area contributed by atoms with Gasteiger partial charge in [-0.25, -0.2) is 0 Å². The summed E-state index contributed by atoms with van der Waals surface area (Å²) >= 11 is 17.5. The second-order valence-corrected chi connectivity index (χ2v) is 5.45. The van der Waals surface area contributed by atoms with Crippen LogP contribution >= 0.6 is 34.8 Å². The van der Waals surface area contributed by atoms with Crippen molar-refractivity contribution in [2.75, 3.05) is 5.32 Å². The number of nitrogens with one attached hydrogen (secondary N) is 1. The largest absolute Gasteiger partial charge is 0.366 e. The van der Waals surface area contributed by atoms with Crippen LogP contribution < -0.4 is 11.1 Å². The second kappa shape index (κ2) is 6.35. The minimum absolute atomic E-state index is 0.124. The third-order valence-electron chi connectivity index (χ3n) is 2.61. The van der Waals surface area contributed by atoms with Crippen LogP contribution in [0.25, 0.3) is 0 Å². The summed E-state index contributed by atoms with van der Waals surface area (Å²) in [5, 5.41) is 3.52. The zero-order chi connectivity index (χ0) is 15.6. The van der Waals surface area contributed by atoms with Crippen LogP contribution in [0.4, 0.5) is 5.69 Å². The van der Waals surface area contributed by atoms with Crippen LogP contribution in [0, 0.1) is 0 Å².